The zero-order valence-corrected chi connectivity index (χ0v) is 23.9. The highest BCUT2D eigenvalue weighted by molar-refractivity contribution is 7.99. The fraction of sp³-hybridized carbons (Fsp3) is 0.581. The summed E-state index contributed by atoms with van der Waals surface area (Å²) in [6.07, 6.45) is 9.82. The van der Waals surface area contributed by atoms with E-state index < -0.39 is 23.1 Å². The van der Waals surface area contributed by atoms with Gasteiger partial charge in [0.1, 0.15) is 5.82 Å². The first-order valence-electron chi connectivity index (χ1n) is 14.0. The Hall–Kier alpha value is -2.45. The first kappa shape index (κ1) is 26.8. The number of aliphatic hydroxyl groups excluding tert-OH is 1. The van der Waals surface area contributed by atoms with Crippen molar-refractivity contribution in [3.8, 4) is 5.69 Å². The molecule has 4 aliphatic carbocycles. The van der Waals surface area contributed by atoms with Crippen LogP contribution in [0.15, 0.2) is 36.0 Å². The quantitative estimate of drug-likeness (QED) is 0.501. The van der Waals surface area contributed by atoms with Crippen molar-refractivity contribution in [3.05, 3.63) is 53.1 Å². The van der Waals surface area contributed by atoms with Crippen LogP contribution in [0.25, 0.3) is 11.8 Å². The van der Waals surface area contributed by atoms with Gasteiger partial charge in [0.15, 0.2) is 11.4 Å². The van der Waals surface area contributed by atoms with Crippen molar-refractivity contribution in [2.75, 3.05) is 12.0 Å². The van der Waals surface area contributed by atoms with Gasteiger partial charge in [0.2, 0.25) is 0 Å². The highest BCUT2D eigenvalue weighted by Gasteiger charge is 2.70. The molecule has 8 heteroatoms. The van der Waals surface area contributed by atoms with Crippen molar-refractivity contribution in [1.82, 2.24) is 9.78 Å². The third-order valence-electron chi connectivity index (χ3n) is 10.7. The van der Waals surface area contributed by atoms with E-state index in [9.17, 15) is 19.1 Å². The lowest BCUT2D eigenvalue weighted by Gasteiger charge is -2.60. The van der Waals surface area contributed by atoms with Crippen molar-refractivity contribution in [2.24, 2.45) is 28.6 Å². The number of hydrogen-bond acceptors (Lipinski definition) is 6. The van der Waals surface area contributed by atoms with Gasteiger partial charge in [-0.2, -0.15) is 16.9 Å². The number of esters is 1. The number of aliphatic hydroxyl groups is 1. The predicted molar refractivity (Wildman–Crippen MR) is 149 cm³/mol. The lowest BCUT2D eigenvalue weighted by Crippen LogP contribution is -2.63. The number of hydrogen-bond donors (Lipinski definition) is 1. The highest BCUT2D eigenvalue weighted by Crippen LogP contribution is 2.68. The molecule has 1 aromatic carbocycles. The topological polar surface area (TPSA) is 81.4 Å². The zero-order valence-electron chi connectivity index (χ0n) is 23.1. The SMILES string of the molecule is CSCC(=O)[C@@]1(OC(C)=O)CC[C@H]2[C@@H]3CCC4=Cc5c(cnn5-c5ccc(F)cc5)C[C@]4(C)[C@H]3[C@@H](O)C[C@@]21C. The van der Waals surface area contributed by atoms with Gasteiger partial charge in [0, 0.05) is 12.3 Å². The Morgan fingerprint density at radius 2 is 1.97 bits per heavy atom. The van der Waals surface area contributed by atoms with Crippen LogP contribution in [0.5, 0.6) is 0 Å². The average molecular weight is 553 g/mol. The normalized spacial score (nSPS) is 36.7. The molecule has 4 aliphatic rings. The maximum atomic E-state index is 13.6. The summed E-state index contributed by atoms with van der Waals surface area (Å²) in [5.74, 6) is 0.0296. The summed E-state index contributed by atoms with van der Waals surface area (Å²) in [6.45, 7) is 5.76. The fourth-order valence-electron chi connectivity index (χ4n) is 9.14. The van der Waals surface area contributed by atoms with E-state index in [4.69, 9.17) is 4.74 Å². The maximum Gasteiger partial charge on any atom is 0.303 e. The van der Waals surface area contributed by atoms with Crippen LogP contribution in [-0.2, 0) is 20.7 Å². The molecule has 39 heavy (non-hydrogen) atoms. The number of nitrogens with zero attached hydrogens (tertiary/aromatic N) is 2. The summed E-state index contributed by atoms with van der Waals surface area (Å²) < 4.78 is 21.4. The Balaban J connectivity index is 1.36. The van der Waals surface area contributed by atoms with Gasteiger partial charge in [0.05, 0.1) is 29.4 Å². The van der Waals surface area contributed by atoms with Crippen molar-refractivity contribution >= 4 is 29.6 Å². The van der Waals surface area contributed by atoms with Crippen molar-refractivity contribution in [2.45, 2.75) is 71.0 Å². The summed E-state index contributed by atoms with van der Waals surface area (Å²) in [5, 5.41) is 16.6. The molecule has 1 aromatic heterocycles. The van der Waals surface area contributed by atoms with Crippen LogP contribution >= 0.6 is 11.8 Å². The molecule has 0 spiro atoms. The summed E-state index contributed by atoms with van der Waals surface area (Å²) in [6, 6.07) is 6.38. The predicted octanol–water partition coefficient (Wildman–Crippen LogP) is 5.40. The summed E-state index contributed by atoms with van der Waals surface area (Å²) in [5.41, 5.74) is 2.29. The van der Waals surface area contributed by atoms with Crippen LogP contribution in [0.2, 0.25) is 0 Å². The number of aromatic nitrogens is 2. The van der Waals surface area contributed by atoms with E-state index in [0.717, 1.165) is 42.6 Å². The van der Waals surface area contributed by atoms with Crippen LogP contribution in [0, 0.1) is 34.4 Å². The molecule has 0 bridgehead atoms. The Labute approximate surface area is 233 Å². The Morgan fingerprint density at radius 3 is 2.67 bits per heavy atom. The van der Waals surface area contributed by atoms with Crippen LogP contribution < -0.4 is 0 Å². The molecule has 0 saturated heterocycles. The second-order valence-electron chi connectivity index (χ2n) is 12.5. The lowest BCUT2D eigenvalue weighted by molar-refractivity contribution is -0.198. The van der Waals surface area contributed by atoms with Crippen LogP contribution in [0.1, 0.15) is 64.1 Å². The molecular formula is C31H37FN2O4S. The van der Waals surface area contributed by atoms with E-state index in [-0.39, 0.29) is 34.8 Å². The van der Waals surface area contributed by atoms with Crippen LogP contribution in [-0.4, -0.2) is 50.4 Å². The van der Waals surface area contributed by atoms with Crippen molar-refractivity contribution < 1.29 is 23.8 Å². The van der Waals surface area contributed by atoms with Gasteiger partial charge in [-0.3, -0.25) is 9.59 Å². The molecule has 0 radical (unpaired) electrons. The van der Waals surface area contributed by atoms with Gasteiger partial charge in [-0.05, 0) is 104 Å². The Kier molecular flexibility index (Phi) is 6.38. The molecule has 7 atom stereocenters. The molecule has 3 saturated carbocycles. The third-order valence-corrected chi connectivity index (χ3v) is 11.2. The van der Waals surface area contributed by atoms with Gasteiger partial charge in [-0.25, -0.2) is 9.07 Å². The second kappa shape index (κ2) is 9.30. The monoisotopic (exact) mass is 552 g/mol. The Bertz CT molecular complexity index is 1350. The van der Waals surface area contributed by atoms with Gasteiger partial charge < -0.3 is 9.84 Å². The van der Waals surface area contributed by atoms with Crippen molar-refractivity contribution in [3.63, 3.8) is 0 Å². The molecule has 0 aliphatic heterocycles. The van der Waals surface area contributed by atoms with E-state index in [0.29, 0.717) is 18.6 Å². The minimum Gasteiger partial charge on any atom is -0.451 e. The van der Waals surface area contributed by atoms with Crippen molar-refractivity contribution in [1.29, 1.82) is 0 Å². The molecule has 1 N–H and O–H groups in total. The second-order valence-corrected chi connectivity index (χ2v) is 13.4. The number of ether oxygens (including phenoxy) is 1. The number of ketones is 1. The van der Waals surface area contributed by atoms with Gasteiger partial charge in [0.25, 0.3) is 0 Å². The number of rotatable bonds is 5. The number of thioether (sulfide) groups is 1. The summed E-state index contributed by atoms with van der Waals surface area (Å²) in [4.78, 5) is 25.9. The lowest BCUT2D eigenvalue weighted by atomic mass is 9.45. The molecule has 6 rings (SSSR count). The summed E-state index contributed by atoms with van der Waals surface area (Å²) >= 11 is 1.46. The third kappa shape index (κ3) is 3.80. The van der Waals surface area contributed by atoms with Crippen LogP contribution in [0.4, 0.5) is 4.39 Å². The molecule has 2 aromatic rings. The first-order chi connectivity index (χ1) is 18.5. The Morgan fingerprint density at radius 1 is 1.23 bits per heavy atom. The molecule has 6 nitrogen and oxygen atoms in total. The van der Waals surface area contributed by atoms with E-state index in [2.05, 4.69) is 25.0 Å². The van der Waals surface area contributed by atoms with Crippen LogP contribution in [0.3, 0.4) is 0 Å². The number of carbonyl (C=O) groups excluding carboxylic acids is 2. The summed E-state index contributed by atoms with van der Waals surface area (Å²) in [7, 11) is 0. The zero-order chi connectivity index (χ0) is 27.7. The first-order valence-corrected chi connectivity index (χ1v) is 15.4. The molecule has 0 unspecified atom stereocenters. The number of carbonyl (C=O) groups is 2. The van der Waals surface area contributed by atoms with E-state index in [1.165, 1.54) is 36.4 Å². The minimum absolute atomic E-state index is 0.0287. The average Bonchev–Trinajstić information content (AvgIpc) is 3.40. The number of fused-ring (bicyclic) bond motifs is 6. The molecular weight excluding hydrogens is 515 g/mol. The van der Waals surface area contributed by atoms with Gasteiger partial charge in [-0.15, -0.1) is 0 Å². The maximum absolute atomic E-state index is 13.6. The molecule has 3 fully saturated rings. The van der Waals surface area contributed by atoms with E-state index >= 15 is 0 Å². The van der Waals surface area contributed by atoms with Gasteiger partial charge >= 0.3 is 5.97 Å². The van der Waals surface area contributed by atoms with E-state index in [1.54, 1.807) is 12.1 Å². The number of benzene rings is 1. The number of halogens is 1. The molecule has 0 amide bonds. The minimum atomic E-state index is -1.18. The number of allylic oxidation sites excluding steroid dienone is 1. The smallest absolute Gasteiger partial charge is 0.303 e. The van der Waals surface area contributed by atoms with E-state index in [1.807, 2.05) is 17.1 Å². The molecule has 208 valence electrons. The largest absolute Gasteiger partial charge is 0.451 e. The standard InChI is InChI=1S/C31H37FN2O4S/c1-18(35)38-31(27(37)17-39-4)12-11-24-23-10-5-20-13-25-19(16-33-34(25)22-8-6-21(32)7-9-22)14-29(20,2)28(23)26(36)15-30(24,31)3/h6-9,13,16,23-24,26,28,36H,5,10-12,14-15,17H2,1-4H3/t23-,24-,26-,28+,29-,30-,31-/m0/s1. The number of Topliss-reactive ketones (excluding diaryl/α,β-unsaturated/α-hetero) is 1. The molecule has 1 heterocycles. The fourth-order valence-corrected chi connectivity index (χ4v) is 9.63. The highest BCUT2D eigenvalue weighted by atomic mass is 32.2. The van der Waals surface area contributed by atoms with Gasteiger partial charge in [-0.1, -0.05) is 19.4 Å².